The van der Waals surface area contributed by atoms with Crippen LogP contribution in [-0.4, -0.2) is 113 Å². The van der Waals surface area contributed by atoms with E-state index < -0.39 is 0 Å². The SMILES string of the molecule is C=C(C)C1CCC2(CC1)OCCO2.CC(=O)C1CCC2(CC1)OCCO2.CC1(C2CCC3(CC2)OCCO3)CC1.CCOC(=O)C1CCC(=O)CC1.CCOC(=O)C1CCC2(CC1)OCCO2. The van der Waals surface area contributed by atoms with E-state index in [-0.39, 0.29) is 58.6 Å². The molecule has 0 aromatic heterocycles. The number of carbonyl (C=O) groups is 4. The topological polar surface area (TPSA) is 161 Å². The van der Waals surface area contributed by atoms with Gasteiger partial charge < -0.3 is 47.4 Å². The largest absolute Gasteiger partial charge is 0.466 e. The van der Waals surface area contributed by atoms with Crippen LogP contribution in [-0.2, 0) is 66.5 Å². The number of rotatable bonds is 7. The Kier molecular flexibility index (Phi) is 20.3. The smallest absolute Gasteiger partial charge is 0.308 e. The van der Waals surface area contributed by atoms with Gasteiger partial charge in [-0.15, -0.1) is 0 Å². The summed E-state index contributed by atoms with van der Waals surface area (Å²) in [4.78, 5) is 44.6. The lowest BCUT2D eigenvalue weighted by Gasteiger charge is -2.37. The minimum Gasteiger partial charge on any atom is -0.466 e. The third-order valence-electron chi connectivity index (χ3n) is 16.3. The monoisotopic (exact) mass is 947 g/mol. The molecule has 0 unspecified atom stereocenters. The van der Waals surface area contributed by atoms with Crippen LogP contribution in [0, 0.1) is 35.0 Å². The molecular weight excluding hydrogens is 861 g/mol. The zero-order valence-corrected chi connectivity index (χ0v) is 41.9. The van der Waals surface area contributed by atoms with Gasteiger partial charge in [0.1, 0.15) is 11.6 Å². The summed E-state index contributed by atoms with van der Waals surface area (Å²) in [6.07, 6.45) is 21.6. The van der Waals surface area contributed by atoms with Gasteiger partial charge in [0.15, 0.2) is 23.1 Å². The van der Waals surface area contributed by atoms with Crippen LogP contribution in [0.5, 0.6) is 0 Å². The molecular formula is C53H86O14. The molecule has 4 saturated heterocycles. The van der Waals surface area contributed by atoms with Gasteiger partial charge in [0.05, 0.1) is 77.9 Å². The number of hydrogen-bond acceptors (Lipinski definition) is 14. The number of allylic oxidation sites excluding steroid dienone is 1. The highest BCUT2D eigenvalue weighted by atomic mass is 16.8. The van der Waals surface area contributed by atoms with Crippen LogP contribution in [0.25, 0.3) is 0 Å². The number of hydrogen-bond donors (Lipinski definition) is 0. The van der Waals surface area contributed by atoms with Crippen molar-refractivity contribution < 1.29 is 66.5 Å². The third kappa shape index (κ3) is 15.6. The number of ketones is 2. The Morgan fingerprint density at radius 3 is 1.07 bits per heavy atom. The van der Waals surface area contributed by atoms with Crippen LogP contribution in [0.1, 0.15) is 176 Å². The van der Waals surface area contributed by atoms with Crippen LogP contribution >= 0.6 is 0 Å². The Balaban J connectivity index is 0.000000138. The van der Waals surface area contributed by atoms with Crippen molar-refractivity contribution in [3.63, 3.8) is 0 Å². The average Bonchev–Trinajstić information content (AvgIpc) is 3.86. The van der Waals surface area contributed by atoms with Crippen LogP contribution in [0.4, 0.5) is 0 Å². The van der Waals surface area contributed by atoms with Crippen molar-refractivity contribution >= 4 is 23.5 Å². The van der Waals surface area contributed by atoms with E-state index in [0.717, 1.165) is 109 Å². The maximum Gasteiger partial charge on any atom is 0.308 e. The summed E-state index contributed by atoms with van der Waals surface area (Å²) in [5.74, 6) is 1.25. The number of carbonyl (C=O) groups excluding carboxylic acids is 4. The van der Waals surface area contributed by atoms with Gasteiger partial charge in [-0.1, -0.05) is 19.1 Å². The third-order valence-corrected chi connectivity index (χ3v) is 16.3. The van der Waals surface area contributed by atoms with Crippen molar-refractivity contribution in [1.82, 2.24) is 0 Å². The number of Topliss-reactive ketones (excluding diaryl/α,β-unsaturated/α-hetero) is 2. The van der Waals surface area contributed by atoms with Crippen molar-refractivity contribution in [2.45, 2.75) is 199 Å². The molecule has 4 aliphatic heterocycles. The summed E-state index contributed by atoms with van der Waals surface area (Å²) < 4.78 is 55.0. The molecule has 0 N–H and O–H groups in total. The second-order valence-corrected chi connectivity index (χ2v) is 21.0. The predicted molar refractivity (Wildman–Crippen MR) is 249 cm³/mol. The molecule has 10 aliphatic rings. The minimum absolute atomic E-state index is 0.0253. The van der Waals surface area contributed by atoms with Gasteiger partial charge in [0, 0.05) is 70.1 Å². The normalized spacial score (nSPS) is 29.8. The average molecular weight is 947 g/mol. The number of esters is 2. The first-order chi connectivity index (χ1) is 32.2. The van der Waals surface area contributed by atoms with Gasteiger partial charge in [-0.25, -0.2) is 0 Å². The first-order valence-corrected chi connectivity index (χ1v) is 26.3. The molecule has 14 heteroatoms. The Morgan fingerprint density at radius 1 is 0.478 bits per heavy atom. The first-order valence-electron chi connectivity index (χ1n) is 26.3. The predicted octanol–water partition coefficient (Wildman–Crippen LogP) is 9.52. The van der Waals surface area contributed by atoms with Gasteiger partial charge in [0.25, 0.3) is 0 Å². The highest BCUT2D eigenvalue weighted by molar-refractivity contribution is 5.82. The molecule has 67 heavy (non-hydrogen) atoms. The van der Waals surface area contributed by atoms with Gasteiger partial charge in [-0.05, 0) is 122 Å². The van der Waals surface area contributed by atoms with E-state index >= 15 is 0 Å². The highest BCUT2D eigenvalue weighted by Crippen LogP contribution is 2.57. The first kappa shape index (κ1) is 54.0. The molecule has 0 atom stereocenters. The van der Waals surface area contributed by atoms with Gasteiger partial charge >= 0.3 is 11.9 Å². The van der Waals surface area contributed by atoms with E-state index in [1.807, 2.05) is 6.92 Å². The summed E-state index contributed by atoms with van der Waals surface area (Å²) in [6, 6.07) is 0. The molecule has 6 saturated carbocycles. The maximum absolute atomic E-state index is 11.5. The quantitative estimate of drug-likeness (QED) is 0.175. The molecule has 0 aromatic carbocycles. The van der Waals surface area contributed by atoms with Crippen LogP contribution in [0.3, 0.4) is 0 Å². The lowest BCUT2D eigenvalue weighted by molar-refractivity contribution is -0.187. The number of ether oxygens (including phenoxy) is 10. The fourth-order valence-corrected chi connectivity index (χ4v) is 11.5. The van der Waals surface area contributed by atoms with Crippen LogP contribution in [0.2, 0.25) is 0 Å². The molecule has 382 valence electrons. The van der Waals surface area contributed by atoms with E-state index in [2.05, 4.69) is 20.4 Å². The lowest BCUT2D eigenvalue weighted by atomic mass is 9.76. The fourth-order valence-electron chi connectivity index (χ4n) is 11.5. The second kappa shape index (κ2) is 25.2. The van der Waals surface area contributed by atoms with Crippen molar-refractivity contribution in [1.29, 1.82) is 0 Å². The van der Waals surface area contributed by atoms with Crippen LogP contribution < -0.4 is 0 Å². The van der Waals surface area contributed by atoms with Crippen molar-refractivity contribution in [2.24, 2.45) is 35.0 Å². The zero-order chi connectivity index (χ0) is 48.0. The minimum atomic E-state index is -0.372. The molecule has 10 rings (SSSR count). The molecule has 0 radical (unpaired) electrons. The van der Waals surface area contributed by atoms with Crippen LogP contribution in [0.15, 0.2) is 12.2 Å². The molecule has 10 fully saturated rings. The Bertz CT molecular complexity index is 1500. The summed E-state index contributed by atoms with van der Waals surface area (Å²) >= 11 is 0. The van der Waals surface area contributed by atoms with E-state index in [1.54, 1.807) is 13.8 Å². The van der Waals surface area contributed by atoms with E-state index in [9.17, 15) is 19.2 Å². The van der Waals surface area contributed by atoms with E-state index in [4.69, 9.17) is 47.4 Å². The zero-order valence-electron chi connectivity index (χ0n) is 41.9. The highest BCUT2D eigenvalue weighted by Gasteiger charge is 2.50. The summed E-state index contributed by atoms with van der Waals surface area (Å²) in [6.45, 7) is 20.8. The lowest BCUT2D eigenvalue weighted by Crippen LogP contribution is -2.37. The Hall–Kier alpha value is -2.30. The molecule has 0 amide bonds. The van der Waals surface area contributed by atoms with Crippen molar-refractivity contribution in [3.8, 4) is 0 Å². The molecule has 14 nitrogen and oxygen atoms in total. The molecule has 4 heterocycles. The van der Waals surface area contributed by atoms with Gasteiger partial charge in [-0.2, -0.15) is 0 Å². The molecule has 0 aromatic rings. The van der Waals surface area contributed by atoms with Crippen molar-refractivity contribution in [2.75, 3.05) is 66.1 Å². The second-order valence-electron chi connectivity index (χ2n) is 21.0. The molecule has 4 spiro atoms. The molecule has 6 aliphatic carbocycles. The summed E-state index contributed by atoms with van der Waals surface area (Å²) in [5, 5.41) is 0. The Morgan fingerprint density at radius 2 is 0.776 bits per heavy atom. The summed E-state index contributed by atoms with van der Waals surface area (Å²) in [7, 11) is 0. The summed E-state index contributed by atoms with van der Waals surface area (Å²) in [5.41, 5.74) is 2.01. The van der Waals surface area contributed by atoms with Gasteiger partial charge in [-0.3, -0.25) is 19.2 Å². The molecule has 0 bridgehead atoms. The Labute approximate surface area is 401 Å². The maximum atomic E-state index is 11.5. The van der Waals surface area contributed by atoms with E-state index in [0.29, 0.717) is 82.4 Å². The fraction of sp³-hybridized carbons (Fsp3) is 0.887. The van der Waals surface area contributed by atoms with Crippen molar-refractivity contribution in [3.05, 3.63) is 12.2 Å². The van der Waals surface area contributed by atoms with E-state index in [1.165, 1.54) is 44.1 Å². The standard InChI is InChI=1S/C12H20O2.C11H18O4.C11H18O2.C10H16O3.C9H14O3/c1-11(6-7-11)10-2-4-12(5-3-10)13-8-9-14-12;1-2-13-10(12)9-3-5-11(6-4-9)14-7-8-15-11;1-9(2)10-3-5-11(6-4-10)12-7-8-13-11;1-8(11)9-2-4-10(5-3-9)12-6-7-13-10;1-2-12-9(11)7-3-5-8(10)6-4-7/h10H,2-9H2,1H3;9H,2-8H2,1H3;10H,1,3-8H2,2H3;9H,2-7H2,1H3;7H,2-6H2,1H3. The van der Waals surface area contributed by atoms with Gasteiger partial charge in [0.2, 0.25) is 0 Å².